The van der Waals surface area contributed by atoms with Gasteiger partial charge in [-0.2, -0.15) is 0 Å². The second-order valence-electron chi connectivity index (χ2n) is 5.89. The van der Waals surface area contributed by atoms with Gasteiger partial charge in [0, 0.05) is 25.2 Å². The van der Waals surface area contributed by atoms with Crippen LogP contribution in [0.15, 0.2) is 41.3 Å². The minimum atomic E-state index is -3.77. The van der Waals surface area contributed by atoms with Crippen molar-refractivity contribution in [3.8, 4) is 11.5 Å². The maximum Gasteiger partial charge on any atom is 0.261 e. The molecule has 1 amide bonds. The fraction of sp³-hybridized carbons (Fsp3) is 0.278. The van der Waals surface area contributed by atoms with Crippen molar-refractivity contribution in [2.45, 2.75) is 18.2 Å². The lowest BCUT2D eigenvalue weighted by Gasteiger charge is -2.15. The maximum absolute atomic E-state index is 12.7. The van der Waals surface area contributed by atoms with Crippen LogP contribution in [0.25, 0.3) is 0 Å². The van der Waals surface area contributed by atoms with Gasteiger partial charge in [0.1, 0.15) is 0 Å². The van der Waals surface area contributed by atoms with Crippen molar-refractivity contribution in [3.63, 3.8) is 0 Å². The van der Waals surface area contributed by atoms with Crippen LogP contribution in [-0.2, 0) is 21.2 Å². The van der Waals surface area contributed by atoms with Crippen LogP contribution in [0.1, 0.15) is 12.5 Å². The number of nitrogens with one attached hydrogen (secondary N) is 1. The molecule has 8 heteroatoms. The normalized spacial score (nSPS) is 13.3. The first-order chi connectivity index (χ1) is 12.4. The number of methoxy groups -OCH3 is 2. The highest BCUT2D eigenvalue weighted by molar-refractivity contribution is 7.92. The Morgan fingerprint density at radius 3 is 2.46 bits per heavy atom. The number of ether oxygens (including phenoxy) is 2. The smallest absolute Gasteiger partial charge is 0.261 e. The van der Waals surface area contributed by atoms with E-state index in [-0.39, 0.29) is 10.8 Å². The molecule has 0 saturated heterocycles. The van der Waals surface area contributed by atoms with Gasteiger partial charge in [-0.25, -0.2) is 8.42 Å². The van der Waals surface area contributed by atoms with Crippen molar-refractivity contribution in [2.75, 3.05) is 30.4 Å². The highest BCUT2D eigenvalue weighted by Crippen LogP contribution is 2.33. The van der Waals surface area contributed by atoms with Gasteiger partial charge in [-0.1, -0.05) is 0 Å². The maximum atomic E-state index is 12.7. The Morgan fingerprint density at radius 1 is 1.08 bits per heavy atom. The summed E-state index contributed by atoms with van der Waals surface area (Å²) in [6.07, 6.45) is 0.634. The van der Waals surface area contributed by atoms with Crippen LogP contribution in [0.2, 0.25) is 0 Å². The van der Waals surface area contributed by atoms with Gasteiger partial charge in [0.2, 0.25) is 5.91 Å². The number of carbonyl (C=O) groups is 1. The van der Waals surface area contributed by atoms with Gasteiger partial charge in [0.15, 0.2) is 11.5 Å². The number of nitrogens with zero attached hydrogens (tertiary/aromatic N) is 1. The van der Waals surface area contributed by atoms with Crippen LogP contribution in [0.3, 0.4) is 0 Å². The molecule has 3 rings (SSSR count). The number of carbonyl (C=O) groups excluding carboxylic acids is 1. The molecule has 1 aliphatic rings. The molecule has 0 fully saturated rings. The predicted molar refractivity (Wildman–Crippen MR) is 98.5 cm³/mol. The highest BCUT2D eigenvalue weighted by atomic mass is 32.2. The summed E-state index contributed by atoms with van der Waals surface area (Å²) in [5, 5.41) is 0. The molecule has 138 valence electrons. The minimum absolute atomic E-state index is 0.0530. The van der Waals surface area contributed by atoms with Crippen LogP contribution in [0.5, 0.6) is 11.5 Å². The van der Waals surface area contributed by atoms with E-state index in [2.05, 4.69) is 4.72 Å². The minimum Gasteiger partial charge on any atom is -0.493 e. The van der Waals surface area contributed by atoms with Gasteiger partial charge in [-0.15, -0.1) is 0 Å². The van der Waals surface area contributed by atoms with E-state index < -0.39 is 10.0 Å². The molecule has 1 aliphatic heterocycles. The Kier molecular flexibility index (Phi) is 4.78. The fourth-order valence-electron chi connectivity index (χ4n) is 2.99. The average Bonchev–Trinajstić information content (AvgIpc) is 3.04. The number of fused-ring (bicyclic) bond motifs is 1. The number of sulfonamides is 1. The number of amides is 1. The van der Waals surface area contributed by atoms with Crippen LogP contribution < -0.4 is 19.1 Å². The first-order valence-electron chi connectivity index (χ1n) is 8.01. The summed E-state index contributed by atoms with van der Waals surface area (Å²) >= 11 is 0. The molecule has 0 spiro atoms. The summed E-state index contributed by atoms with van der Waals surface area (Å²) in [5.74, 6) is 0.888. The Hall–Kier alpha value is -2.74. The fourth-order valence-corrected chi connectivity index (χ4v) is 4.09. The second-order valence-corrected chi connectivity index (χ2v) is 7.57. The first-order valence-corrected chi connectivity index (χ1v) is 9.50. The molecule has 2 aromatic rings. The van der Waals surface area contributed by atoms with Crippen LogP contribution >= 0.6 is 0 Å². The predicted octanol–water partition coefficient (Wildman–Crippen LogP) is 2.41. The number of hydrogen-bond donors (Lipinski definition) is 1. The summed E-state index contributed by atoms with van der Waals surface area (Å²) in [4.78, 5) is 13.4. The van der Waals surface area contributed by atoms with Crippen molar-refractivity contribution >= 4 is 27.3 Å². The van der Waals surface area contributed by atoms with Gasteiger partial charge < -0.3 is 14.4 Å². The summed E-state index contributed by atoms with van der Waals surface area (Å²) in [5.41, 5.74) is 1.98. The van der Waals surface area contributed by atoms with Gasteiger partial charge in [0.25, 0.3) is 10.0 Å². The number of rotatable bonds is 5. The van der Waals surface area contributed by atoms with Gasteiger partial charge in [-0.3, -0.25) is 9.52 Å². The number of benzene rings is 2. The Balaban J connectivity index is 1.89. The number of hydrogen-bond acceptors (Lipinski definition) is 5. The summed E-state index contributed by atoms with van der Waals surface area (Å²) < 4.78 is 38.3. The molecule has 2 aromatic carbocycles. The van der Waals surface area contributed by atoms with Crippen LogP contribution in [-0.4, -0.2) is 35.1 Å². The van der Waals surface area contributed by atoms with Crippen LogP contribution in [0.4, 0.5) is 11.4 Å². The Bertz CT molecular complexity index is 956. The molecule has 0 aromatic heterocycles. The standard InChI is InChI=1S/C18H20N2O5S/c1-12(21)20-9-8-13-10-15(5-6-16(13)20)26(22,23)19-14-4-7-17(24-2)18(11-14)25-3/h4-7,10-11,19H,8-9H2,1-3H3. The zero-order chi connectivity index (χ0) is 18.9. The summed E-state index contributed by atoms with van der Waals surface area (Å²) in [7, 11) is -0.773. The van der Waals surface area contributed by atoms with E-state index in [9.17, 15) is 13.2 Å². The molecule has 0 saturated carbocycles. The van der Waals surface area contributed by atoms with Gasteiger partial charge >= 0.3 is 0 Å². The molecule has 0 bridgehead atoms. The second kappa shape index (κ2) is 6.87. The van der Waals surface area contributed by atoms with Crippen molar-refractivity contribution in [3.05, 3.63) is 42.0 Å². The summed E-state index contributed by atoms with van der Waals surface area (Å²) in [6, 6.07) is 9.58. The molecular weight excluding hydrogens is 356 g/mol. The molecule has 0 radical (unpaired) electrons. The van der Waals surface area contributed by atoms with E-state index in [1.807, 2.05) is 0 Å². The first kappa shape index (κ1) is 18.1. The monoisotopic (exact) mass is 376 g/mol. The Labute approximate surface area is 152 Å². The lowest BCUT2D eigenvalue weighted by Crippen LogP contribution is -2.25. The van der Waals surface area contributed by atoms with Crippen LogP contribution in [0, 0.1) is 0 Å². The number of anilines is 2. The molecule has 26 heavy (non-hydrogen) atoms. The molecule has 7 nitrogen and oxygen atoms in total. The van der Waals surface area contributed by atoms with Crippen molar-refractivity contribution in [2.24, 2.45) is 0 Å². The zero-order valence-corrected chi connectivity index (χ0v) is 15.6. The van der Waals surface area contributed by atoms with Crippen molar-refractivity contribution in [1.82, 2.24) is 0 Å². The molecule has 0 unspecified atom stereocenters. The SMILES string of the molecule is COc1ccc(NS(=O)(=O)c2ccc3c(c2)CCN3C(C)=O)cc1OC. The average molecular weight is 376 g/mol. The zero-order valence-electron chi connectivity index (χ0n) is 14.8. The highest BCUT2D eigenvalue weighted by Gasteiger charge is 2.25. The van der Waals surface area contributed by atoms with E-state index in [1.54, 1.807) is 35.2 Å². The lowest BCUT2D eigenvalue weighted by molar-refractivity contribution is -0.116. The Morgan fingerprint density at radius 2 is 1.81 bits per heavy atom. The van der Waals surface area contributed by atoms with Gasteiger partial charge in [0.05, 0.1) is 24.8 Å². The third kappa shape index (κ3) is 3.32. The third-order valence-electron chi connectivity index (χ3n) is 4.27. The van der Waals surface area contributed by atoms with E-state index in [1.165, 1.54) is 27.2 Å². The van der Waals surface area contributed by atoms with E-state index >= 15 is 0 Å². The quantitative estimate of drug-likeness (QED) is 0.866. The van der Waals surface area contributed by atoms with E-state index in [4.69, 9.17) is 9.47 Å². The van der Waals surface area contributed by atoms with E-state index in [0.717, 1.165) is 11.3 Å². The molecular formula is C18H20N2O5S. The largest absolute Gasteiger partial charge is 0.493 e. The molecule has 0 atom stereocenters. The third-order valence-corrected chi connectivity index (χ3v) is 5.65. The van der Waals surface area contributed by atoms with Crippen molar-refractivity contribution < 1.29 is 22.7 Å². The topological polar surface area (TPSA) is 84.9 Å². The molecule has 0 aliphatic carbocycles. The van der Waals surface area contributed by atoms with E-state index in [0.29, 0.717) is 30.2 Å². The molecule has 1 N–H and O–H groups in total. The van der Waals surface area contributed by atoms with Crippen molar-refractivity contribution in [1.29, 1.82) is 0 Å². The summed E-state index contributed by atoms with van der Waals surface area (Å²) in [6.45, 7) is 2.07. The lowest BCUT2D eigenvalue weighted by atomic mass is 10.2. The molecule has 1 heterocycles. The van der Waals surface area contributed by atoms with Gasteiger partial charge in [-0.05, 0) is 42.3 Å².